The summed E-state index contributed by atoms with van der Waals surface area (Å²) >= 11 is 3.20. The first-order chi connectivity index (χ1) is 8.45. The van der Waals surface area contributed by atoms with Crippen molar-refractivity contribution >= 4 is 33.6 Å². The van der Waals surface area contributed by atoms with Crippen molar-refractivity contribution in [1.29, 1.82) is 0 Å². The Balaban J connectivity index is 2.93. The first-order valence-corrected chi connectivity index (χ1v) is 5.97. The van der Waals surface area contributed by atoms with Crippen LogP contribution in [-0.4, -0.2) is 23.1 Å². The van der Waals surface area contributed by atoms with Gasteiger partial charge in [-0.1, -0.05) is 12.1 Å². The first kappa shape index (κ1) is 14.2. The molecule has 96 valence electrons. The minimum Gasteiger partial charge on any atom is -0.478 e. The number of aromatic carboxylic acids is 1. The summed E-state index contributed by atoms with van der Waals surface area (Å²) in [5.74, 6) is -1.11. The highest BCUT2D eigenvalue weighted by molar-refractivity contribution is 9.10. The van der Waals surface area contributed by atoms with Gasteiger partial charge in [-0.15, -0.1) is 6.58 Å². The van der Waals surface area contributed by atoms with E-state index >= 15 is 0 Å². The van der Waals surface area contributed by atoms with Crippen molar-refractivity contribution in [2.75, 3.05) is 5.32 Å². The SMILES string of the molecule is C=CC(C)NC(=O)Nc1c(Br)cccc1C(=O)O. The molecular weight excluding hydrogens is 300 g/mol. The van der Waals surface area contributed by atoms with Crippen molar-refractivity contribution in [3.05, 3.63) is 40.9 Å². The minimum atomic E-state index is -1.11. The van der Waals surface area contributed by atoms with Crippen molar-refractivity contribution in [2.45, 2.75) is 13.0 Å². The fourth-order valence-electron chi connectivity index (χ4n) is 1.24. The summed E-state index contributed by atoms with van der Waals surface area (Å²) in [5.41, 5.74) is 0.240. The number of carboxylic acids is 1. The third-order valence-electron chi connectivity index (χ3n) is 2.19. The van der Waals surface area contributed by atoms with Crippen LogP contribution < -0.4 is 10.6 Å². The molecule has 0 saturated heterocycles. The van der Waals surface area contributed by atoms with Crippen molar-refractivity contribution in [3.8, 4) is 0 Å². The number of nitrogens with one attached hydrogen (secondary N) is 2. The Morgan fingerprint density at radius 1 is 1.50 bits per heavy atom. The lowest BCUT2D eigenvalue weighted by atomic mass is 10.2. The fraction of sp³-hybridized carbons (Fsp3) is 0.167. The molecule has 1 atom stereocenters. The average molecular weight is 313 g/mol. The van der Waals surface area contributed by atoms with Crippen LogP contribution in [0.4, 0.5) is 10.5 Å². The summed E-state index contributed by atoms with van der Waals surface area (Å²) in [4.78, 5) is 22.7. The van der Waals surface area contributed by atoms with Crippen LogP contribution >= 0.6 is 15.9 Å². The second-order valence-electron chi connectivity index (χ2n) is 3.59. The highest BCUT2D eigenvalue weighted by Crippen LogP contribution is 2.26. The smallest absolute Gasteiger partial charge is 0.337 e. The van der Waals surface area contributed by atoms with Gasteiger partial charge in [0.05, 0.1) is 11.3 Å². The van der Waals surface area contributed by atoms with Crippen molar-refractivity contribution < 1.29 is 14.7 Å². The van der Waals surface area contributed by atoms with E-state index in [0.29, 0.717) is 4.47 Å². The van der Waals surface area contributed by atoms with Crippen LogP contribution in [0.2, 0.25) is 0 Å². The lowest BCUT2D eigenvalue weighted by molar-refractivity contribution is 0.0698. The van der Waals surface area contributed by atoms with Crippen LogP contribution in [0, 0.1) is 0 Å². The quantitative estimate of drug-likeness (QED) is 0.748. The molecule has 0 spiro atoms. The number of amides is 2. The van der Waals surface area contributed by atoms with E-state index in [1.807, 2.05) is 0 Å². The molecule has 0 bridgehead atoms. The van der Waals surface area contributed by atoms with Gasteiger partial charge in [0, 0.05) is 10.5 Å². The maximum Gasteiger partial charge on any atom is 0.337 e. The number of hydrogen-bond donors (Lipinski definition) is 3. The second kappa shape index (κ2) is 6.20. The van der Waals surface area contributed by atoms with Crippen LogP contribution in [0.5, 0.6) is 0 Å². The highest BCUT2D eigenvalue weighted by atomic mass is 79.9. The van der Waals surface area contributed by atoms with Crippen molar-refractivity contribution in [2.24, 2.45) is 0 Å². The summed E-state index contributed by atoms with van der Waals surface area (Å²) < 4.78 is 0.504. The number of halogens is 1. The van der Waals surface area contributed by atoms with Crippen LogP contribution in [0.3, 0.4) is 0 Å². The molecule has 0 radical (unpaired) electrons. The van der Waals surface area contributed by atoms with Crippen LogP contribution in [0.15, 0.2) is 35.3 Å². The van der Waals surface area contributed by atoms with E-state index in [1.54, 1.807) is 25.1 Å². The topological polar surface area (TPSA) is 78.4 Å². The van der Waals surface area contributed by atoms with Crippen LogP contribution in [0.1, 0.15) is 17.3 Å². The van der Waals surface area contributed by atoms with E-state index in [9.17, 15) is 9.59 Å². The van der Waals surface area contributed by atoms with Gasteiger partial charge < -0.3 is 15.7 Å². The molecule has 0 saturated carbocycles. The Morgan fingerprint density at radius 3 is 2.72 bits per heavy atom. The predicted molar refractivity (Wildman–Crippen MR) is 72.9 cm³/mol. The molecule has 1 unspecified atom stereocenters. The summed E-state index contributed by atoms with van der Waals surface area (Å²) in [6.07, 6.45) is 1.57. The zero-order valence-corrected chi connectivity index (χ0v) is 11.3. The van der Waals surface area contributed by atoms with E-state index in [0.717, 1.165) is 0 Å². The number of rotatable bonds is 4. The van der Waals surface area contributed by atoms with Gasteiger partial charge in [-0.25, -0.2) is 9.59 Å². The number of carboxylic acid groups (broad SMARTS) is 1. The van der Waals surface area contributed by atoms with Gasteiger partial charge in [-0.3, -0.25) is 0 Å². The normalized spacial score (nSPS) is 11.4. The number of para-hydroxylation sites is 1. The van der Waals surface area contributed by atoms with Gasteiger partial charge in [0.1, 0.15) is 0 Å². The summed E-state index contributed by atoms with van der Waals surface area (Å²) in [6, 6.07) is 3.96. The van der Waals surface area contributed by atoms with Gasteiger partial charge in [0.25, 0.3) is 0 Å². The number of carbonyl (C=O) groups excluding carboxylic acids is 1. The molecular formula is C12H13BrN2O3. The zero-order chi connectivity index (χ0) is 13.7. The van der Waals surface area contributed by atoms with E-state index < -0.39 is 12.0 Å². The van der Waals surface area contributed by atoms with E-state index in [4.69, 9.17) is 5.11 Å². The minimum absolute atomic E-state index is 0.0192. The average Bonchev–Trinajstić information content (AvgIpc) is 2.31. The Morgan fingerprint density at radius 2 is 2.17 bits per heavy atom. The molecule has 0 aliphatic carbocycles. The van der Waals surface area contributed by atoms with Gasteiger partial charge in [-0.05, 0) is 35.0 Å². The molecule has 0 aromatic heterocycles. The van der Waals surface area contributed by atoms with Gasteiger partial charge in [-0.2, -0.15) is 0 Å². The number of benzene rings is 1. The number of carbonyl (C=O) groups is 2. The molecule has 5 nitrogen and oxygen atoms in total. The fourth-order valence-corrected chi connectivity index (χ4v) is 1.71. The largest absolute Gasteiger partial charge is 0.478 e. The van der Waals surface area contributed by atoms with Gasteiger partial charge in [0.15, 0.2) is 0 Å². The Labute approximate surface area is 113 Å². The number of hydrogen-bond acceptors (Lipinski definition) is 2. The monoisotopic (exact) mass is 312 g/mol. The standard InChI is InChI=1S/C12H13BrN2O3/c1-3-7(2)14-12(18)15-10-8(11(16)17)5-4-6-9(10)13/h3-7H,1H2,2H3,(H,16,17)(H2,14,15,18). The third kappa shape index (κ3) is 3.59. The van der Waals surface area contributed by atoms with E-state index in [1.165, 1.54) is 6.07 Å². The molecule has 2 amide bonds. The molecule has 0 aliphatic rings. The van der Waals surface area contributed by atoms with Crippen molar-refractivity contribution in [1.82, 2.24) is 5.32 Å². The number of urea groups is 1. The first-order valence-electron chi connectivity index (χ1n) is 5.17. The van der Waals surface area contributed by atoms with E-state index in [-0.39, 0.29) is 17.3 Å². The molecule has 18 heavy (non-hydrogen) atoms. The zero-order valence-electron chi connectivity index (χ0n) is 9.74. The Kier molecular flexibility index (Phi) is 4.91. The molecule has 1 rings (SSSR count). The lowest BCUT2D eigenvalue weighted by Crippen LogP contribution is -2.35. The van der Waals surface area contributed by atoms with E-state index in [2.05, 4.69) is 33.1 Å². The predicted octanol–water partition coefficient (Wildman–Crippen LogP) is 2.84. The maximum atomic E-state index is 11.6. The Bertz CT molecular complexity index is 488. The molecule has 0 heterocycles. The second-order valence-corrected chi connectivity index (χ2v) is 4.44. The van der Waals surface area contributed by atoms with Gasteiger partial charge >= 0.3 is 12.0 Å². The summed E-state index contributed by atoms with van der Waals surface area (Å²) in [7, 11) is 0. The molecule has 6 heteroatoms. The maximum absolute atomic E-state index is 11.6. The molecule has 0 fully saturated rings. The van der Waals surface area contributed by atoms with Gasteiger partial charge in [0.2, 0.25) is 0 Å². The van der Waals surface area contributed by atoms with Crippen LogP contribution in [0.25, 0.3) is 0 Å². The lowest BCUT2D eigenvalue weighted by Gasteiger charge is -2.13. The molecule has 1 aromatic carbocycles. The van der Waals surface area contributed by atoms with Crippen LogP contribution in [-0.2, 0) is 0 Å². The molecule has 3 N–H and O–H groups in total. The summed E-state index contributed by atoms with van der Waals surface area (Å²) in [6.45, 7) is 5.29. The number of anilines is 1. The van der Waals surface area contributed by atoms with Crippen molar-refractivity contribution in [3.63, 3.8) is 0 Å². The summed E-state index contributed by atoms with van der Waals surface area (Å²) in [5, 5.41) is 14.1. The third-order valence-corrected chi connectivity index (χ3v) is 2.86. The molecule has 1 aromatic rings. The Hall–Kier alpha value is -1.82. The molecule has 0 aliphatic heterocycles. The highest BCUT2D eigenvalue weighted by Gasteiger charge is 2.15.